The molecule has 3 aromatic rings. The Hall–Kier alpha value is -4.33. The van der Waals surface area contributed by atoms with Crippen LogP contribution in [-0.4, -0.2) is 48.5 Å². The summed E-state index contributed by atoms with van der Waals surface area (Å²) in [6.45, 7) is 0. The van der Waals surface area contributed by atoms with E-state index in [0.717, 1.165) is 11.1 Å². The van der Waals surface area contributed by atoms with Crippen LogP contribution in [0.2, 0.25) is 0 Å². The summed E-state index contributed by atoms with van der Waals surface area (Å²) in [5.41, 5.74) is 2.09. The van der Waals surface area contributed by atoms with Crippen molar-refractivity contribution >= 4 is 24.5 Å². The highest BCUT2D eigenvalue weighted by Crippen LogP contribution is 2.50. The number of aromatic nitrogens is 2. The maximum Gasteiger partial charge on any atom is 0.357 e. The molecule has 1 N–H and O–H groups in total. The zero-order valence-electron chi connectivity index (χ0n) is 19.0. The fourth-order valence-corrected chi connectivity index (χ4v) is 4.51. The van der Waals surface area contributed by atoms with Crippen molar-refractivity contribution in [3.8, 4) is 17.2 Å². The standard InChI is InChI=1S/C26H24N2O6/c1-32-21-11-10-19(23(33-2)24(21)34-3)26(17-8-5-4-6-9-17)13-12-18-20(16-26)28(14-7-15-29)27-22(18)25(30)31/h4-15H,16H2,1-3H3,(H,30,31). The van der Waals surface area contributed by atoms with Gasteiger partial charge in [-0.1, -0.05) is 48.6 Å². The van der Waals surface area contributed by atoms with Crippen molar-refractivity contribution in [3.63, 3.8) is 0 Å². The van der Waals surface area contributed by atoms with Gasteiger partial charge in [0.05, 0.1) is 27.0 Å². The van der Waals surface area contributed by atoms with Gasteiger partial charge >= 0.3 is 5.97 Å². The lowest BCUT2D eigenvalue weighted by molar-refractivity contribution is -0.104. The van der Waals surface area contributed by atoms with E-state index < -0.39 is 11.4 Å². The lowest BCUT2D eigenvalue weighted by Gasteiger charge is -2.36. The van der Waals surface area contributed by atoms with Gasteiger partial charge in [0, 0.05) is 29.2 Å². The van der Waals surface area contributed by atoms with Gasteiger partial charge < -0.3 is 19.3 Å². The lowest BCUT2D eigenvalue weighted by atomic mass is 9.68. The third-order valence-corrected chi connectivity index (χ3v) is 6.01. The van der Waals surface area contributed by atoms with Crippen molar-refractivity contribution in [3.05, 3.63) is 82.7 Å². The van der Waals surface area contributed by atoms with Crippen molar-refractivity contribution in [1.82, 2.24) is 9.78 Å². The fraction of sp³-hybridized carbons (Fsp3) is 0.192. The summed E-state index contributed by atoms with van der Waals surface area (Å²) in [7, 11) is 4.67. The number of aldehydes is 1. The number of benzene rings is 2. The maximum atomic E-state index is 11.9. The van der Waals surface area contributed by atoms with Gasteiger partial charge in [-0.25, -0.2) is 9.48 Å². The number of nitrogens with zero attached hydrogens (tertiary/aromatic N) is 2. The number of allylic oxidation sites excluding steroid dienone is 2. The van der Waals surface area contributed by atoms with Crippen LogP contribution in [0.4, 0.5) is 0 Å². The average molecular weight is 460 g/mol. The van der Waals surface area contributed by atoms with E-state index >= 15 is 0 Å². The Morgan fingerprint density at radius 3 is 2.41 bits per heavy atom. The maximum absolute atomic E-state index is 11.9. The van der Waals surface area contributed by atoms with Crippen LogP contribution in [0.3, 0.4) is 0 Å². The molecule has 0 saturated carbocycles. The second-order valence-corrected chi connectivity index (χ2v) is 7.67. The van der Waals surface area contributed by atoms with Crippen LogP contribution < -0.4 is 14.2 Å². The smallest absolute Gasteiger partial charge is 0.357 e. The predicted molar refractivity (Wildman–Crippen MR) is 127 cm³/mol. The summed E-state index contributed by atoms with van der Waals surface area (Å²) in [6.07, 6.45) is 7.45. The Balaban J connectivity index is 2.03. The van der Waals surface area contributed by atoms with Gasteiger partial charge in [0.25, 0.3) is 0 Å². The van der Waals surface area contributed by atoms with E-state index in [-0.39, 0.29) is 5.69 Å². The largest absolute Gasteiger partial charge is 0.493 e. The molecule has 0 radical (unpaired) electrons. The molecular weight excluding hydrogens is 436 g/mol. The van der Waals surface area contributed by atoms with E-state index in [9.17, 15) is 14.7 Å². The molecule has 0 bridgehead atoms. The summed E-state index contributed by atoms with van der Waals surface area (Å²) in [6, 6.07) is 13.6. The first kappa shape index (κ1) is 22.8. The topological polar surface area (TPSA) is 99.9 Å². The second kappa shape index (κ2) is 9.27. The molecule has 1 heterocycles. The number of fused-ring (bicyclic) bond motifs is 1. The highest BCUT2D eigenvalue weighted by Gasteiger charge is 2.41. The lowest BCUT2D eigenvalue weighted by Crippen LogP contribution is -2.32. The summed E-state index contributed by atoms with van der Waals surface area (Å²) < 4.78 is 18.4. The van der Waals surface area contributed by atoms with E-state index in [1.165, 1.54) is 17.0 Å². The Bertz CT molecular complexity index is 1290. The molecule has 0 aliphatic heterocycles. The normalized spacial score (nSPS) is 16.8. The van der Waals surface area contributed by atoms with Crippen LogP contribution in [0.1, 0.15) is 32.9 Å². The Labute approximate surface area is 196 Å². The fourth-order valence-electron chi connectivity index (χ4n) is 4.51. The molecule has 174 valence electrons. The van der Waals surface area contributed by atoms with Gasteiger partial charge in [-0.2, -0.15) is 5.10 Å². The van der Waals surface area contributed by atoms with Crippen molar-refractivity contribution < 1.29 is 28.9 Å². The first-order chi connectivity index (χ1) is 16.5. The van der Waals surface area contributed by atoms with Crippen LogP contribution in [-0.2, 0) is 16.6 Å². The van der Waals surface area contributed by atoms with E-state index in [1.54, 1.807) is 27.4 Å². The molecule has 4 rings (SSSR count). The third-order valence-electron chi connectivity index (χ3n) is 6.01. The van der Waals surface area contributed by atoms with E-state index in [4.69, 9.17) is 14.2 Å². The first-order valence-electron chi connectivity index (χ1n) is 10.5. The van der Waals surface area contributed by atoms with Crippen LogP contribution in [0.15, 0.2) is 54.6 Å². The van der Waals surface area contributed by atoms with Crippen LogP contribution in [0, 0.1) is 0 Å². The molecule has 2 aromatic carbocycles. The molecule has 0 saturated heterocycles. The Morgan fingerprint density at radius 1 is 1.06 bits per heavy atom. The van der Waals surface area contributed by atoms with E-state index in [1.807, 2.05) is 48.5 Å². The molecule has 1 unspecified atom stereocenters. The molecule has 0 fully saturated rings. The van der Waals surface area contributed by atoms with Crippen molar-refractivity contribution in [2.75, 3.05) is 21.3 Å². The number of rotatable bonds is 8. The molecule has 1 aromatic heterocycles. The van der Waals surface area contributed by atoms with Gasteiger partial charge in [0.15, 0.2) is 17.2 Å². The van der Waals surface area contributed by atoms with Crippen LogP contribution in [0.5, 0.6) is 17.2 Å². The number of carboxylic acid groups (broad SMARTS) is 1. The van der Waals surface area contributed by atoms with Gasteiger partial charge in [0.1, 0.15) is 6.29 Å². The second-order valence-electron chi connectivity index (χ2n) is 7.67. The zero-order valence-corrected chi connectivity index (χ0v) is 19.0. The summed E-state index contributed by atoms with van der Waals surface area (Å²) in [4.78, 5) is 22.8. The average Bonchev–Trinajstić information content (AvgIpc) is 3.24. The monoisotopic (exact) mass is 460 g/mol. The number of carbonyl (C=O) groups is 2. The van der Waals surface area contributed by atoms with Gasteiger partial charge in [-0.3, -0.25) is 4.79 Å². The minimum absolute atomic E-state index is 0.0808. The quantitative estimate of drug-likeness (QED) is 0.403. The summed E-state index contributed by atoms with van der Waals surface area (Å²) >= 11 is 0. The molecule has 0 spiro atoms. The minimum atomic E-state index is -1.14. The molecule has 1 aliphatic carbocycles. The number of carboxylic acids is 1. The minimum Gasteiger partial charge on any atom is -0.493 e. The van der Waals surface area contributed by atoms with Gasteiger partial charge in [-0.05, 0) is 17.7 Å². The third kappa shape index (κ3) is 3.63. The highest BCUT2D eigenvalue weighted by molar-refractivity contribution is 5.91. The molecular formula is C26H24N2O6. The van der Waals surface area contributed by atoms with Crippen molar-refractivity contribution in [2.24, 2.45) is 0 Å². The van der Waals surface area contributed by atoms with Gasteiger partial charge in [-0.15, -0.1) is 0 Å². The van der Waals surface area contributed by atoms with Crippen LogP contribution >= 0.6 is 0 Å². The van der Waals surface area contributed by atoms with Crippen LogP contribution in [0.25, 0.3) is 12.3 Å². The van der Waals surface area contributed by atoms with Crippen molar-refractivity contribution in [1.29, 1.82) is 0 Å². The number of carbonyl (C=O) groups excluding carboxylic acids is 1. The summed E-state index contributed by atoms with van der Waals surface area (Å²) in [5, 5.41) is 13.9. The number of hydrogen-bond donors (Lipinski definition) is 1. The van der Waals surface area contributed by atoms with E-state index in [0.29, 0.717) is 41.2 Å². The number of ether oxygens (including phenoxy) is 3. The molecule has 8 nitrogen and oxygen atoms in total. The number of aromatic carboxylic acids is 1. The van der Waals surface area contributed by atoms with Crippen molar-refractivity contribution in [2.45, 2.75) is 11.8 Å². The zero-order chi connectivity index (χ0) is 24.3. The predicted octanol–water partition coefficient (Wildman–Crippen LogP) is 3.83. The molecule has 8 heteroatoms. The molecule has 1 atom stereocenters. The molecule has 1 aliphatic rings. The first-order valence-corrected chi connectivity index (χ1v) is 10.5. The van der Waals surface area contributed by atoms with E-state index in [2.05, 4.69) is 5.10 Å². The molecule has 34 heavy (non-hydrogen) atoms. The SMILES string of the molecule is COc1ccc(C2(c3ccccc3)C=Cc3c(C(=O)O)nn(C=CC=O)c3C2)c(OC)c1OC. The Kier molecular flexibility index (Phi) is 6.23. The number of hydrogen-bond acceptors (Lipinski definition) is 6. The number of methoxy groups -OCH3 is 3. The summed E-state index contributed by atoms with van der Waals surface area (Å²) in [5.74, 6) is 0.346. The highest BCUT2D eigenvalue weighted by atomic mass is 16.5. The molecule has 0 amide bonds. The van der Waals surface area contributed by atoms with Gasteiger partial charge in [0.2, 0.25) is 5.75 Å². The Morgan fingerprint density at radius 2 is 1.79 bits per heavy atom.